The molecule has 1 amide bonds. The van der Waals surface area contributed by atoms with Gasteiger partial charge >= 0.3 is 12.1 Å². The predicted octanol–water partition coefficient (Wildman–Crippen LogP) is 1.66. The summed E-state index contributed by atoms with van der Waals surface area (Å²) in [5.41, 5.74) is -0.915. The summed E-state index contributed by atoms with van der Waals surface area (Å²) in [6.07, 6.45) is -1.04. The van der Waals surface area contributed by atoms with E-state index < -0.39 is 23.3 Å². The highest BCUT2D eigenvalue weighted by atomic mass is 16.6. The third kappa shape index (κ3) is 5.48. The molecule has 1 N–H and O–H groups in total. The van der Waals surface area contributed by atoms with Gasteiger partial charge in [0.2, 0.25) is 0 Å². The molecule has 0 radical (unpaired) electrons. The summed E-state index contributed by atoms with van der Waals surface area (Å²) < 4.78 is 10.7. The number of amides is 1. The van der Waals surface area contributed by atoms with E-state index in [1.807, 2.05) is 0 Å². The molecule has 0 aromatic heterocycles. The average molecular weight is 295 g/mol. The largest absolute Gasteiger partial charge is 0.465 e. The molecule has 0 aliphatic carbocycles. The first kappa shape index (κ1) is 17.1. The summed E-state index contributed by atoms with van der Waals surface area (Å²) in [7, 11) is 0. The Balaban J connectivity index is 2.65. The Kier molecular flexibility index (Phi) is 5.02. The summed E-state index contributed by atoms with van der Waals surface area (Å²) in [4.78, 5) is 23.7. The molecule has 1 aliphatic rings. The molecule has 0 aromatic carbocycles. The average Bonchev–Trinajstić information content (AvgIpc) is 2.23. The summed E-state index contributed by atoms with van der Waals surface area (Å²) in [6, 6.07) is 0. The highest BCUT2D eigenvalue weighted by Gasteiger charge is 2.46. The van der Waals surface area contributed by atoms with Gasteiger partial charge in [-0.05, 0) is 33.3 Å². The molecule has 0 spiro atoms. The quantitative estimate of drug-likeness (QED) is 0.633. The molecule has 1 heterocycles. The maximum Gasteiger partial charge on any atom is 0.407 e. The molecule has 6 heteroatoms. The van der Waals surface area contributed by atoms with Gasteiger partial charge in [-0.3, -0.25) is 0 Å². The van der Waals surface area contributed by atoms with E-state index in [-0.39, 0.29) is 19.7 Å². The highest BCUT2D eigenvalue weighted by Crippen LogP contribution is 2.25. The lowest BCUT2D eigenvalue weighted by Crippen LogP contribution is -2.64. The van der Waals surface area contributed by atoms with Crippen LogP contribution in [0.1, 0.15) is 27.7 Å². The van der Waals surface area contributed by atoms with Crippen LogP contribution in [0.2, 0.25) is 0 Å². The van der Waals surface area contributed by atoms with Crippen LogP contribution < -0.4 is 0 Å². The molecule has 0 atom stereocenters. The molecule has 1 rings (SSSR count). The minimum absolute atomic E-state index is 0.103. The Morgan fingerprint density at radius 1 is 1.38 bits per heavy atom. The van der Waals surface area contributed by atoms with Gasteiger partial charge in [-0.1, -0.05) is 18.4 Å². The van der Waals surface area contributed by atoms with E-state index in [2.05, 4.69) is 18.4 Å². The first-order valence-corrected chi connectivity index (χ1v) is 6.55. The van der Waals surface area contributed by atoms with Gasteiger partial charge in [0.05, 0.1) is 13.1 Å². The topological polar surface area (TPSA) is 76.1 Å². The number of carbonyl (C=O) groups excluding carboxylic acids is 1. The maximum atomic E-state index is 11.7. The van der Waals surface area contributed by atoms with Crippen molar-refractivity contribution < 1.29 is 24.2 Å². The highest BCUT2D eigenvalue weighted by molar-refractivity contribution is 5.71. The molecule has 6 nitrogen and oxygen atoms in total. The molecule has 1 fully saturated rings. The van der Waals surface area contributed by atoms with Crippen molar-refractivity contribution >= 4 is 12.1 Å². The number of allylic oxidation sites excluding steroid dienone is 1. The van der Waals surface area contributed by atoms with Gasteiger partial charge in [0.1, 0.15) is 12.2 Å². The normalized spacial score (nSPS) is 16.3. The van der Waals surface area contributed by atoms with Gasteiger partial charge in [0.15, 0.2) is 5.60 Å². The number of hydrogen-bond acceptors (Lipinski definition) is 4. The van der Waals surface area contributed by atoms with Gasteiger partial charge in [-0.15, -0.1) is 0 Å². The molecule has 0 aromatic rings. The Morgan fingerprint density at radius 3 is 2.38 bits per heavy atom. The molecular formula is C15H21NO5. The zero-order valence-electron chi connectivity index (χ0n) is 12.9. The zero-order chi connectivity index (χ0) is 16.3. The van der Waals surface area contributed by atoms with Crippen molar-refractivity contribution in [3.63, 3.8) is 0 Å². The smallest absolute Gasteiger partial charge is 0.407 e. The third-order valence-corrected chi connectivity index (χ3v) is 2.55. The zero-order valence-corrected chi connectivity index (χ0v) is 12.9. The molecule has 1 aliphatic heterocycles. The van der Waals surface area contributed by atoms with Crippen LogP contribution >= 0.6 is 0 Å². The van der Waals surface area contributed by atoms with Crippen molar-refractivity contribution in [2.75, 3.05) is 19.7 Å². The lowest BCUT2D eigenvalue weighted by molar-refractivity contribution is -0.170. The molecule has 0 saturated carbocycles. The second-order valence-electron chi connectivity index (χ2n) is 6.04. The van der Waals surface area contributed by atoms with Crippen LogP contribution in [0.5, 0.6) is 0 Å². The fourth-order valence-corrected chi connectivity index (χ4v) is 1.70. The van der Waals surface area contributed by atoms with Crippen molar-refractivity contribution in [3.8, 4) is 11.8 Å². The van der Waals surface area contributed by atoms with E-state index in [0.717, 1.165) is 0 Å². The van der Waals surface area contributed by atoms with Crippen LogP contribution in [0.25, 0.3) is 0 Å². The van der Waals surface area contributed by atoms with Gasteiger partial charge in [-0.2, -0.15) is 0 Å². The van der Waals surface area contributed by atoms with Crippen molar-refractivity contribution in [2.45, 2.75) is 38.9 Å². The molecule has 1 saturated heterocycles. The lowest BCUT2D eigenvalue weighted by atomic mass is 9.94. The van der Waals surface area contributed by atoms with Crippen LogP contribution in [-0.4, -0.2) is 53.0 Å². The summed E-state index contributed by atoms with van der Waals surface area (Å²) in [6.45, 7) is 10.6. The second kappa shape index (κ2) is 6.19. The SMILES string of the molecule is C=C(C)C#CC1(OCC(=O)OC(C)(C)C)CN(C(=O)O)C1. The van der Waals surface area contributed by atoms with Gasteiger partial charge in [-0.25, -0.2) is 9.59 Å². The predicted molar refractivity (Wildman–Crippen MR) is 76.7 cm³/mol. The molecule has 0 bridgehead atoms. The number of hydrogen-bond donors (Lipinski definition) is 1. The number of carbonyl (C=O) groups is 2. The summed E-state index contributed by atoms with van der Waals surface area (Å²) in [5.74, 6) is 5.12. The van der Waals surface area contributed by atoms with E-state index >= 15 is 0 Å². The summed E-state index contributed by atoms with van der Waals surface area (Å²) >= 11 is 0. The van der Waals surface area contributed by atoms with E-state index in [1.54, 1.807) is 27.7 Å². The van der Waals surface area contributed by atoms with Gasteiger partial charge in [0, 0.05) is 0 Å². The minimum atomic E-state index is -1.04. The number of esters is 1. The van der Waals surface area contributed by atoms with Crippen LogP contribution in [0.3, 0.4) is 0 Å². The van der Waals surface area contributed by atoms with Crippen molar-refractivity contribution in [2.24, 2.45) is 0 Å². The van der Waals surface area contributed by atoms with Gasteiger partial charge in [0.25, 0.3) is 0 Å². The molecular weight excluding hydrogens is 274 g/mol. The number of ether oxygens (including phenoxy) is 2. The van der Waals surface area contributed by atoms with Crippen molar-refractivity contribution in [1.82, 2.24) is 4.90 Å². The second-order valence-corrected chi connectivity index (χ2v) is 6.04. The lowest BCUT2D eigenvalue weighted by Gasteiger charge is -2.44. The van der Waals surface area contributed by atoms with E-state index in [9.17, 15) is 9.59 Å². The Morgan fingerprint density at radius 2 is 1.95 bits per heavy atom. The Hall–Kier alpha value is -2.00. The Labute approximate surface area is 124 Å². The third-order valence-electron chi connectivity index (χ3n) is 2.55. The van der Waals surface area contributed by atoms with E-state index in [4.69, 9.17) is 14.6 Å². The van der Waals surface area contributed by atoms with E-state index in [0.29, 0.717) is 5.57 Å². The van der Waals surface area contributed by atoms with Crippen LogP contribution in [-0.2, 0) is 14.3 Å². The van der Waals surface area contributed by atoms with Crippen molar-refractivity contribution in [3.05, 3.63) is 12.2 Å². The monoisotopic (exact) mass is 295 g/mol. The first-order chi connectivity index (χ1) is 9.53. The van der Waals surface area contributed by atoms with Crippen LogP contribution in [0.4, 0.5) is 4.79 Å². The maximum absolute atomic E-state index is 11.7. The number of carboxylic acid groups (broad SMARTS) is 1. The number of rotatable bonds is 3. The fourth-order valence-electron chi connectivity index (χ4n) is 1.70. The van der Waals surface area contributed by atoms with Crippen LogP contribution in [0, 0.1) is 11.8 Å². The summed E-state index contributed by atoms with van der Waals surface area (Å²) in [5, 5.41) is 8.89. The Bertz CT molecular complexity index is 500. The fraction of sp³-hybridized carbons (Fsp3) is 0.600. The number of nitrogens with zero attached hydrogens (tertiary/aromatic N) is 1. The van der Waals surface area contributed by atoms with Crippen molar-refractivity contribution in [1.29, 1.82) is 0 Å². The molecule has 0 unspecified atom stereocenters. The standard InChI is InChI=1S/C15H21NO5/c1-11(2)6-7-15(9-16(10-15)13(18)19)20-8-12(17)21-14(3,4)5/h1,8-10H2,2-5H3,(H,18,19). The van der Waals surface area contributed by atoms with Gasteiger partial charge < -0.3 is 19.5 Å². The van der Waals surface area contributed by atoms with E-state index in [1.165, 1.54) is 4.90 Å². The minimum Gasteiger partial charge on any atom is -0.465 e. The molecule has 116 valence electrons. The number of likely N-dealkylation sites (tertiary alicyclic amines) is 1. The molecule has 21 heavy (non-hydrogen) atoms. The van der Waals surface area contributed by atoms with Crippen LogP contribution in [0.15, 0.2) is 12.2 Å². The first-order valence-electron chi connectivity index (χ1n) is 6.55.